The number of carbonyl (C=O) groups is 2. The number of nitrogens with zero attached hydrogens (tertiary/aromatic N) is 1. The molecule has 0 bridgehead atoms. The maximum Gasteiger partial charge on any atom is 0.318 e. The van der Waals surface area contributed by atoms with Crippen LogP contribution in [0.25, 0.3) is 0 Å². The summed E-state index contributed by atoms with van der Waals surface area (Å²) in [6, 6.07) is 1.86. The van der Waals surface area contributed by atoms with Crippen molar-refractivity contribution in [3.05, 3.63) is 34.0 Å². The fraction of sp³-hybridized carbons (Fsp3) is 0.467. The van der Waals surface area contributed by atoms with Crippen molar-refractivity contribution in [2.24, 2.45) is 5.92 Å². The minimum atomic E-state index is -0.836. The molecule has 3 unspecified atom stereocenters. The smallest absolute Gasteiger partial charge is 0.318 e. The van der Waals surface area contributed by atoms with Gasteiger partial charge in [-0.3, -0.25) is 4.79 Å². The van der Waals surface area contributed by atoms with Crippen molar-refractivity contribution in [2.75, 3.05) is 6.54 Å². The van der Waals surface area contributed by atoms with E-state index in [1.807, 2.05) is 11.8 Å². The van der Waals surface area contributed by atoms with Crippen LogP contribution in [0.4, 0.5) is 4.79 Å². The Morgan fingerprint density at radius 1 is 1.43 bits per heavy atom. The quantitative estimate of drug-likeness (QED) is 0.824. The minimum Gasteiger partial charge on any atom is -0.481 e. The van der Waals surface area contributed by atoms with Crippen molar-refractivity contribution in [1.29, 1.82) is 0 Å². The van der Waals surface area contributed by atoms with Gasteiger partial charge in [-0.2, -0.15) is 0 Å². The molecule has 0 spiro atoms. The molecule has 0 radical (unpaired) electrons. The van der Waals surface area contributed by atoms with Gasteiger partial charge in [-0.05, 0) is 36.8 Å². The van der Waals surface area contributed by atoms with E-state index < -0.39 is 11.9 Å². The highest BCUT2D eigenvalue weighted by atomic mass is 32.1. The summed E-state index contributed by atoms with van der Waals surface area (Å²) >= 11 is 1.74. The number of nitrogens with one attached hydrogen (secondary N) is 1. The third kappa shape index (κ3) is 2.68. The molecule has 1 aromatic heterocycles. The number of hydrogen-bond donors (Lipinski definition) is 2. The van der Waals surface area contributed by atoms with E-state index >= 15 is 0 Å². The molecule has 112 valence electrons. The first kappa shape index (κ1) is 14.1. The first-order chi connectivity index (χ1) is 10.1. The highest BCUT2D eigenvalue weighted by Crippen LogP contribution is 2.32. The second-order valence-electron chi connectivity index (χ2n) is 5.54. The number of carbonyl (C=O) groups excluding carboxylic acids is 1. The van der Waals surface area contributed by atoms with Gasteiger partial charge in [0.25, 0.3) is 0 Å². The lowest BCUT2D eigenvalue weighted by atomic mass is 10.0. The van der Waals surface area contributed by atoms with E-state index in [4.69, 9.17) is 5.11 Å². The summed E-state index contributed by atoms with van der Waals surface area (Å²) in [5, 5.41) is 14.0. The highest BCUT2D eigenvalue weighted by molar-refractivity contribution is 7.10. The molecule has 1 aliphatic heterocycles. The van der Waals surface area contributed by atoms with E-state index in [-0.39, 0.29) is 18.1 Å². The maximum absolute atomic E-state index is 12.4. The highest BCUT2D eigenvalue weighted by Gasteiger charge is 2.31. The standard InChI is InChI=1S/C15H18N2O3S/c1-9-12-5-7-21-13(12)4-6-17(9)15(20)16-11-3-2-10(8-11)14(18)19/h2-3,5,7,9-11H,4,6,8H2,1H3,(H,16,20)(H,18,19). The van der Waals surface area contributed by atoms with E-state index in [2.05, 4.69) is 16.8 Å². The van der Waals surface area contributed by atoms with Crippen molar-refractivity contribution < 1.29 is 14.7 Å². The Morgan fingerprint density at radius 2 is 2.24 bits per heavy atom. The molecule has 0 saturated carbocycles. The predicted molar refractivity (Wildman–Crippen MR) is 80.3 cm³/mol. The zero-order chi connectivity index (χ0) is 15.0. The van der Waals surface area contributed by atoms with Crippen LogP contribution in [0, 0.1) is 5.92 Å². The lowest BCUT2D eigenvalue weighted by molar-refractivity contribution is -0.140. The third-order valence-electron chi connectivity index (χ3n) is 4.25. The summed E-state index contributed by atoms with van der Waals surface area (Å²) < 4.78 is 0. The van der Waals surface area contributed by atoms with Crippen molar-refractivity contribution >= 4 is 23.3 Å². The number of carboxylic acid groups (broad SMARTS) is 1. The van der Waals surface area contributed by atoms with Crippen LogP contribution in [-0.4, -0.2) is 34.6 Å². The van der Waals surface area contributed by atoms with Gasteiger partial charge in [0.15, 0.2) is 0 Å². The van der Waals surface area contributed by atoms with Gasteiger partial charge >= 0.3 is 12.0 Å². The summed E-state index contributed by atoms with van der Waals surface area (Å²) in [5.41, 5.74) is 1.23. The van der Waals surface area contributed by atoms with Crippen LogP contribution in [-0.2, 0) is 11.2 Å². The van der Waals surface area contributed by atoms with E-state index in [0.717, 1.165) is 6.42 Å². The van der Waals surface area contributed by atoms with Crippen LogP contribution in [0.1, 0.15) is 29.8 Å². The first-order valence-electron chi connectivity index (χ1n) is 7.11. The van der Waals surface area contributed by atoms with Crippen LogP contribution >= 0.6 is 11.3 Å². The third-order valence-corrected chi connectivity index (χ3v) is 5.24. The fourth-order valence-electron chi connectivity index (χ4n) is 3.02. The fourth-order valence-corrected chi connectivity index (χ4v) is 3.98. The van der Waals surface area contributed by atoms with Gasteiger partial charge in [0.05, 0.1) is 18.0 Å². The minimum absolute atomic E-state index is 0.0700. The van der Waals surface area contributed by atoms with Gasteiger partial charge in [0.2, 0.25) is 0 Å². The molecular weight excluding hydrogens is 288 g/mol. The molecule has 5 nitrogen and oxygen atoms in total. The Kier molecular flexibility index (Phi) is 3.71. The Labute approximate surface area is 127 Å². The van der Waals surface area contributed by atoms with Crippen LogP contribution in [0.5, 0.6) is 0 Å². The Balaban J connectivity index is 1.62. The zero-order valence-electron chi connectivity index (χ0n) is 11.8. The van der Waals surface area contributed by atoms with E-state index in [9.17, 15) is 9.59 Å². The molecule has 2 amide bonds. The SMILES string of the molecule is CC1c2ccsc2CCN1C(=O)NC1C=CC(C(=O)O)C1. The number of rotatable bonds is 2. The number of amides is 2. The second-order valence-corrected chi connectivity index (χ2v) is 6.54. The summed E-state index contributed by atoms with van der Waals surface area (Å²) in [5.74, 6) is -1.32. The van der Waals surface area contributed by atoms with Crippen molar-refractivity contribution in [3.8, 4) is 0 Å². The van der Waals surface area contributed by atoms with Gasteiger partial charge in [0, 0.05) is 11.4 Å². The van der Waals surface area contributed by atoms with Crippen LogP contribution < -0.4 is 5.32 Å². The van der Waals surface area contributed by atoms with Gasteiger partial charge in [-0.15, -0.1) is 11.3 Å². The van der Waals surface area contributed by atoms with Gasteiger partial charge < -0.3 is 15.3 Å². The van der Waals surface area contributed by atoms with Gasteiger partial charge in [-0.1, -0.05) is 12.2 Å². The summed E-state index contributed by atoms with van der Waals surface area (Å²) in [6.45, 7) is 2.74. The van der Waals surface area contributed by atoms with E-state index in [1.54, 1.807) is 23.5 Å². The molecule has 2 N–H and O–H groups in total. The molecule has 3 rings (SSSR count). The van der Waals surface area contributed by atoms with Gasteiger partial charge in [-0.25, -0.2) is 4.79 Å². The number of fused-ring (bicyclic) bond motifs is 1. The van der Waals surface area contributed by atoms with Crippen molar-refractivity contribution in [1.82, 2.24) is 10.2 Å². The van der Waals surface area contributed by atoms with Crippen LogP contribution in [0.3, 0.4) is 0 Å². The number of aliphatic carboxylic acids is 1. The summed E-state index contributed by atoms with van der Waals surface area (Å²) in [6.07, 6.45) is 4.77. The van der Waals surface area contributed by atoms with E-state index in [0.29, 0.717) is 13.0 Å². The number of thiophene rings is 1. The van der Waals surface area contributed by atoms with Crippen LogP contribution in [0.2, 0.25) is 0 Å². The molecule has 0 fully saturated rings. The topological polar surface area (TPSA) is 69.6 Å². The summed E-state index contributed by atoms with van der Waals surface area (Å²) in [7, 11) is 0. The van der Waals surface area contributed by atoms with Crippen LogP contribution in [0.15, 0.2) is 23.6 Å². The normalized spacial score (nSPS) is 27.5. The predicted octanol–water partition coefficient (Wildman–Crippen LogP) is 2.41. The zero-order valence-corrected chi connectivity index (χ0v) is 12.6. The number of carboxylic acids is 1. The first-order valence-corrected chi connectivity index (χ1v) is 7.98. The average molecular weight is 306 g/mol. The number of urea groups is 1. The van der Waals surface area contributed by atoms with E-state index in [1.165, 1.54) is 10.4 Å². The largest absolute Gasteiger partial charge is 0.481 e. The molecule has 1 aromatic rings. The van der Waals surface area contributed by atoms with Crippen molar-refractivity contribution in [3.63, 3.8) is 0 Å². The molecule has 2 aliphatic rings. The summed E-state index contributed by atoms with van der Waals surface area (Å²) in [4.78, 5) is 26.5. The Hall–Kier alpha value is -1.82. The molecule has 21 heavy (non-hydrogen) atoms. The maximum atomic E-state index is 12.4. The molecule has 0 saturated heterocycles. The molecule has 1 aliphatic carbocycles. The molecule has 2 heterocycles. The number of hydrogen-bond acceptors (Lipinski definition) is 3. The molecule has 3 atom stereocenters. The Bertz CT molecular complexity index is 595. The Morgan fingerprint density at radius 3 is 2.95 bits per heavy atom. The van der Waals surface area contributed by atoms with Crippen molar-refractivity contribution in [2.45, 2.75) is 31.8 Å². The second kappa shape index (κ2) is 5.52. The molecule has 0 aromatic carbocycles. The monoisotopic (exact) mass is 306 g/mol. The average Bonchev–Trinajstić information content (AvgIpc) is 3.07. The molecular formula is C15H18N2O3S. The lowest BCUT2D eigenvalue weighted by Crippen LogP contribution is -2.47. The molecule has 6 heteroatoms. The lowest BCUT2D eigenvalue weighted by Gasteiger charge is -2.34. The van der Waals surface area contributed by atoms with Gasteiger partial charge in [0.1, 0.15) is 0 Å².